The Morgan fingerprint density at radius 3 is 1.36 bits per heavy atom. The number of hydrogen-bond acceptors (Lipinski definition) is 7. The number of benzene rings is 3. The molecule has 0 fully saturated rings. The Bertz CT molecular complexity index is 1550. The summed E-state index contributed by atoms with van der Waals surface area (Å²) in [5, 5.41) is 2.68. The summed E-state index contributed by atoms with van der Waals surface area (Å²) in [6, 6.07) is 29.3. The molecule has 0 heterocycles. The van der Waals surface area contributed by atoms with Gasteiger partial charge in [-0.3, -0.25) is 9.59 Å². The third-order valence-corrected chi connectivity index (χ3v) is 15.0. The number of rotatable bonds is 19. The minimum Gasteiger partial charge on any atom is -0.285 e. The molecule has 0 aliphatic heterocycles. The zero-order valence-corrected chi connectivity index (χ0v) is 29.5. The molecule has 1 aliphatic rings. The average Bonchev–Trinajstić information content (AvgIpc) is 3.10. The smallest absolute Gasteiger partial charge is 0.227 e. The molecule has 3 aromatic rings. The fourth-order valence-electron chi connectivity index (χ4n) is 6.21. The molecule has 0 spiro atoms. The molecular formula is C38H47O7PS. The molecule has 252 valence electrons. The van der Waals surface area contributed by atoms with Gasteiger partial charge in [0.15, 0.2) is 0 Å². The Kier molecular flexibility index (Phi) is 13.5. The number of allylic oxidation sites excluding steroid dienone is 2. The van der Waals surface area contributed by atoms with Gasteiger partial charge in [0.05, 0.1) is 14.2 Å². The molecule has 4 rings (SSSR count). The molecule has 0 unspecified atom stereocenters. The fraction of sp³-hybridized carbons (Fsp3) is 0.368. The van der Waals surface area contributed by atoms with Crippen LogP contribution in [0.5, 0.6) is 0 Å². The van der Waals surface area contributed by atoms with Crippen LogP contribution < -0.4 is 15.9 Å². The second-order valence-electron chi connectivity index (χ2n) is 11.9. The van der Waals surface area contributed by atoms with Crippen molar-refractivity contribution in [2.75, 3.05) is 20.0 Å². The third kappa shape index (κ3) is 9.07. The monoisotopic (exact) mass is 678 g/mol. The minimum atomic E-state index is -3.83. The van der Waals surface area contributed by atoms with Gasteiger partial charge >= 0.3 is 200 Å². The Labute approximate surface area is 280 Å². The van der Waals surface area contributed by atoms with Gasteiger partial charge in [-0.15, -0.1) is 0 Å². The number of carbonyl (C=O) groups excluding carboxylic acids is 2. The van der Waals surface area contributed by atoms with Gasteiger partial charge in [0, 0.05) is 11.1 Å². The normalized spacial score (nSPS) is 14.4. The number of Topliss-reactive ketones (excluding diaryl/α,β-unsaturated/α-hetero) is 2. The van der Waals surface area contributed by atoms with Crippen molar-refractivity contribution < 1.29 is 31.5 Å². The molecule has 0 aromatic heterocycles. The molecule has 0 atom stereocenters. The summed E-state index contributed by atoms with van der Waals surface area (Å²) in [6.45, 7) is 1.67. The SMILES string of the molecule is COC1=C(OC)C(=O)C(CCCCCCCCCCCS(=O)(=O)O[PH](c2ccccc2)(c2ccccc2)c2ccccc2)=C(C)C1=O. The van der Waals surface area contributed by atoms with E-state index in [-0.39, 0.29) is 28.8 Å². The molecule has 0 N–H and O–H groups in total. The van der Waals surface area contributed by atoms with E-state index in [0.717, 1.165) is 67.3 Å². The first-order chi connectivity index (χ1) is 22.7. The predicted molar refractivity (Wildman–Crippen MR) is 191 cm³/mol. The Hall–Kier alpha value is -3.58. The van der Waals surface area contributed by atoms with Crippen LogP contribution in [0.25, 0.3) is 0 Å². The fourth-order valence-corrected chi connectivity index (χ4v) is 12.8. The van der Waals surface area contributed by atoms with Crippen molar-refractivity contribution >= 4 is 45.1 Å². The van der Waals surface area contributed by atoms with E-state index in [2.05, 4.69) is 0 Å². The summed E-state index contributed by atoms with van der Waals surface area (Å²) in [5.74, 6) is -0.602. The van der Waals surface area contributed by atoms with Crippen LogP contribution in [0.2, 0.25) is 0 Å². The summed E-state index contributed by atoms with van der Waals surface area (Å²) in [7, 11) is -4.41. The molecule has 9 heteroatoms. The van der Waals surface area contributed by atoms with Crippen molar-refractivity contribution in [3.05, 3.63) is 114 Å². The summed E-state index contributed by atoms with van der Waals surface area (Å²) in [5.41, 5.74) is 0.955. The van der Waals surface area contributed by atoms with Crippen LogP contribution >= 0.6 is 7.49 Å². The summed E-state index contributed by atoms with van der Waals surface area (Å²) < 4.78 is 43.9. The molecule has 1 aliphatic carbocycles. The zero-order chi connectivity index (χ0) is 33.7. The van der Waals surface area contributed by atoms with Gasteiger partial charge in [-0.2, -0.15) is 0 Å². The van der Waals surface area contributed by atoms with Crippen molar-refractivity contribution in [1.29, 1.82) is 0 Å². The van der Waals surface area contributed by atoms with E-state index >= 15 is 0 Å². The van der Waals surface area contributed by atoms with Crippen LogP contribution in [0.3, 0.4) is 0 Å². The first-order valence-electron chi connectivity index (χ1n) is 16.5. The molecule has 0 bridgehead atoms. The van der Waals surface area contributed by atoms with Crippen LogP contribution in [0.1, 0.15) is 71.1 Å². The topological polar surface area (TPSA) is 96.0 Å². The molecule has 0 saturated carbocycles. The van der Waals surface area contributed by atoms with Gasteiger partial charge in [-0.1, -0.05) is 0 Å². The van der Waals surface area contributed by atoms with Gasteiger partial charge in [0.25, 0.3) is 0 Å². The molecular weight excluding hydrogens is 631 g/mol. The van der Waals surface area contributed by atoms with Gasteiger partial charge < -0.3 is 9.47 Å². The molecule has 0 radical (unpaired) electrons. The average molecular weight is 679 g/mol. The maximum absolute atomic E-state index is 13.6. The first-order valence-corrected chi connectivity index (χ1v) is 19.9. The van der Waals surface area contributed by atoms with Gasteiger partial charge in [-0.05, 0) is 13.3 Å². The largest absolute Gasteiger partial charge is 0.285 e. The van der Waals surface area contributed by atoms with Gasteiger partial charge in [0.2, 0.25) is 23.1 Å². The summed E-state index contributed by atoms with van der Waals surface area (Å²) in [6.07, 6.45) is 8.89. The van der Waals surface area contributed by atoms with E-state index in [0.29, 0.717) is 24.0 Å². The van der Waals surface area contributed by atoms with E-state index in [9.17, 15) is 18.0 Å². The Morgan fingerprint density at radius 1 is 0.553 bits per heavy atom. The van der Waals surface area contributed by atoms with Crippen LogP contribution in [0.4, 0.5) is 0 Å². The van der Waals surface area contributed by atoms with Crippen molar-refractivity contribution in [2.45, 2.75) is 71.1 Å². The number of ether oxygens (including phenoxy) is 2. The Morgan fingerprint density at radius 2 is 0.936 bits per heavy atom. The van der Waals surface area contributed by atoms with E-state index in [4.69, 9.17) is 13.4 Å². The molecule has 7 nitrogen and oxygen atoms in total. The number of hydrogen-bond donors (Lipinski definition) is 0. The van der Waals surface area contributed by atoms with Gasteiger partial charge in [-0.25, -0.2) is 0 Å². The maximum atomic E-state index is 13.6. The number of ketones is 2. The number of methoxy groups -OCH3 is 2. The van der Waals surface area contributed by atoms with Gasteiger partial charge in [0.1, 0.15) is 0 Å². The van der Waals surface area contributed by atoms with Crippen LogP contribution in [-0.4, -0.2) is 40.0 Å². The molecule has 3 aromatic carbocycles. The zero-order valence-electron chi connectivity index (χ0n) is 27.7. The van der Waals surface area contributed by atoms with Crippen molar-refractivity contribution in [2.24, 2.45) is 0 Å². The van der Waals surface area contributed by atoms with Crippen molar-refractivity contribution in [1.82, 2.24) is 0 Å². The van der Waals surface area contributed by atoms with E-state index in [1.54, 1.807) is 6.92 Å². The van der Waals surface area contributed by atoms with E-state index in [1.807, 2.05) is 91.0 Å². The molecule has 0 amide bonds. The minimum absolute atomic E-state index is 0.0116. The van der Waals surface area contributed by atoms with Crippen LogP contribution in [-0.2, 0) is 33.2 Å². The van der Waals surface area contributed by atoms with Crippen LogP contribution in [0.15, 0.2) is 114 Å². The van der Waals surface area contributed by atoms with Crippen LogP contribution in [0, 0.1) is 0 Å². The quantitative estimate of drug-likeness (QED) is 0.0778. The number of unbranched alkanes of at least 4 members (excludes halogenated alkanes) is 8. The molecule has 47 heavy (non-hydrogen) atoms. The Balaban J connectivity index is 1.23. The third-order valence-electron chi connectivity index (χ3n) is 8.71. The van der Waals surface area contributed by atoms with Crippen molar-refractivity contribution in [3.8, 4) is 0 Å². The number of carbonyl (C=O) groups is 2. The summed E-state index contributed by atoms with van der Waals surface area (Å²) in [4.78, 5) is 25.3. The predicted octanol–water partition coefficient (Wildman–Crippen LogP) is 6.85. The standard InChI is InChI=1S/C38H47O7PS/c1-30-34(36(40)38(44-3)37(43-2)35(30)39)28-20-9-7-5-4-6-8-10-21-29-47(41,42)45-46(31-22-14-11-15-23-31,32-24-16-12-17-25-32)33-26-18-13-19-27-33/h11-19,22-27,46H,4-10,20-21,28-29H2,1-3H3. The first kappa shape index (κ1) is 36.3. The van der Waals surface area contributed by atoms with Crippen molar-refractivity contribution in [3.63, 3.8) is 0 Å². The van der Waals surface area contributed by atoms with E-state index < -0.39 is 17.6 Å². The van der Waals surface area contributed by atoms with E-state index in [1.165, 1.54) is 14.2 Å². The second kappa shape index (κ2) is 17.5. The maximum Gasteiger partial charge on any atom is 0.227 e. The second-order valence-corrected chi connectivity index (χ2v) is 17.2. The summed E-state index contributed by atoms with van der Waals surface area (Å²) >= 11 is 0. The molecule has 0 saturated heterocycles.